The van der Waals surface area contributed by atoms with E-state index >= 15 is 0 Å². The van der Waals surface area contributed by atoms with Crippen molar-refractivity contribution in [2.75, 3.05) is 48.8 Å². The molecule has 12 nitrogen and oxygen atoms in total. The van der Waals surface area contributed by atoms with Crippen LogP contribution in [-0.4, -0.2) is 106 Å². The first-order chi connectivity index (χ1) is 22.6. The number of ether oxygens (including phenoxy) is 4. The molecule has 0 radical (unpaired) electrons. The van der Waals surface area contributed by atoms with Crippen LogP contribution in [0.2, 0.25) is 0 Å². The molecule has 0 saturated carbocycles. The van der Waals surface area contributed by atoms with Crippen molar-refractivity contribution in [1.82, 2.24) is 33.0 Å². The summed E-state index contributed by atoms with van der Waals surface area (Å²) in [5.74, 6) is 1.67. The summed E-state index contributed by atoms with van der Waals surface area (Å²) < 4.78 is 44.3. The Bertz CT molecular complexity index is 1470. The Kier molecular flexibility index (Phi) is 10.9. The first kappa shape index (κ1) is 33.9. The summed E-state index contributed by atoms with van der Waals surface area (Å²) >= 11 is -1.63. The molecule has 47 heavy (non-hydrogen) atoms. The van der Waals surface area contributed by atoms with Gasteiger partial charge in [0.2, 0.25) is 0 Å². The van der Waals surface area contributed by atoms with E-state index in [2.05, 4.69) is 65.6 Å². The molecule has 3 atom stereocenters. The molecule has 14 heteroatoms. The number of halogens is 2. The number of pyridine rings is 1. The van der Waals surface area contributed by atoms with Crippen LogP contribution in [0, 0.1) is 5.82 Å². The Morgan fingerprint density at radius 2 is 1.68 bits per heavy atom. The van der Waals surface area contributed by atoms with Crippen molar-refractivity contribution in [3.8, 4) is 23.1 Å². The molecule has 3 unspecified atom stereocenters. The summed E-state index contributed by atoms with van der Waals surface area (Å²) in [4.78, 5) is 19.3. The second-order valence-electron chi connectivity index (χ2n) is 13.1. The molecule has 3 saturated heterocycles. The van der Waals surface area contributed by atoms with E-state index in [-0.39, 0.29) is 29.7 Å². The van der Waals surface area contributed by atoms with Gasteiger partial charge in [0.15, 0.2) is 5.75 Å². The van der Waals surface area contributed by atoms with Gasteiger partial charge in [0.05, 0.1) is 12.4 Å². The minimum absolute atomic E-state index is 0.0258. The Morgan fingerprint density at radius 1 is 0.957 bits per heavy atom. The predicted octanol–water partition coefficient (Wildman–Crippen LogP) is 3.94. The number of hydrogen-bond acceptors (Lipinski definition) is 11. The van der Waals surface area contributed by atoms with E-state index in [0.29, 0.717) is 22.3 Å². The second kappa shape index (κ2) is 15.1. The number of hydrogen-bond donors (Lipinski definition) is 0. The topological polar surface area (TPSA) is 102 Å². The van der Waals surface area contributed by atoms with Crippen LogP contribution >= 0.6 is 20.1 Å². The van der Waals surface area contributed by atoms with Gasteiger partial charge in [-0.15, -0.1) is 0 Å². The molecule has 3 aliphatic rings. The van der Waals surface area contributed by atoms with Gasteiger partial charge in [-0.25, -0.2) is 9.97 Å². The molecular formula is C33H47FIN8O4+. The number of alkyl halides is 2. The third-order valence-corrected chi connectivity index (χ3v) is 13.6. The molecule has 0 bridgehead atoms. The summed E-state index contributed by atoms with van der Waals surface area (Å²) in [7, 11) is 0. The van der Waals surface area contributed by atoms with Crippen LogP contribution in [0.3, 0.4) is 0 Å². The van der Waals surface area contributed by atoms with E-state index < -0.39 is 25.9 Å². The van der Waals surface area contributed by atoms with Crippen LogP contribution < -0.4 is 23.6 Å². The maximum atomic E-state index is 14.5. The second-order valence-corrected chi connectivity index (χ2v) is 18.3. The monoisotopic (exact) mass is 765 g/mol. The molecule has 6 rings (SSSR count). The molecular weight excluding hydrogens is 718 g/mol. The quantitative estimate of drug-likeness (QED) is 0.110. The molecule has 0 spiro atoms. The fourth-order valence-electron chi connectivity index (χ4n) is 6.26. The predicted molar refractivity (Wildman–Crippen MR) is 182 cm³/mol. The van der Waals surface area contributed by atoms with Crippen molar-refractivity contribution in [3.63, 3.8) is 0 Å². The van der Waals surface area contributed by atoms with Crippen molar-refractivity contribution in [2.45, 2.75) is 77.0 Å². The van der Waals surface area contributed by atoms with E-state index in [1.165, 1.54) is 12.5 Å². The van der Waals surface area contributed by atoms with Crippen molar-refractivity contribution in [3.05, 3.63) is 55.3 Å². The van der Waals surface area contributed by atoms with Gasteiger partial charge < -0.3 is 0 Å². The fourth-order valence-corrected chi connectivity index (χ4v) is 9.64. The average molecular weight is 766 g/mol. The van der Waals surface area contributed by atoms with Gasteiger partial charge in [-0.1, -0.05) is 0 Å². The number of aromatic nitrogens is 5. The fraction of sp³-hybridized carbons (Fsp3) is 0.606. The molecule has 0 amide bonds. The zero-order chi connectivity index (χ0) is 33.0. The number of likely N-dealkylation sites (tertiary alicyclic amines) is 2. The van der Waals surface area contributed by atoms with Crippen molar-refractivity contribution in [2.24, 2.45) is 0 Å². The summed E-state index contributed by atoms with van der Waals surface area (Å²) in [6.45, 7) is 13.9. The molecule has 3 aliphatic heterocycles. The third-order valence-electron chi connectivity index (χ3n) is 9.16. The van der Waals surface area contributed by atoms with Gasteiger partial charge in [0.1, 0.15) is 6.33 Å². The summed E-state index contributed by atoms with van der Waals surface area (Å²) in [6, 6.07) is 3.98. The van der Waals surface area contributed by atoms with Crippen molar-refractivity contribution < 1.29 is 28.0 Å². The van der Waals surface area contributed by atoms with Gasteiger partial charge in [0.25, 0.3) is 0 Å². The normalized spacial score (nSPS) is 23.0. The molecule has 3 fully saturated rings. The molecule has 3 aromatic rings. The van der Waals surface area contributed by atoms with E-state index in [9.17, 15) is 4.39 Å². The third kappa shape index (κ3) is 8.56. The Morgan fingerprint density at radius 3 is 2.47 bits per heavy atom. The van der Waals surface area contributed by atoms with E-state index in [1.807, 2.05) is 23.1 Å². The van der Waals surface area contributed by atoms with Crippen LogP contribution in [0.4, 0.5) is 4.39 Å². The minimum atomic E-state index is -1.63. The van der Waals surface area contributed by atoms with Gasteiger partial charge in [-0.2, -0.15) is 0 Å². The van der Waals surface area contributed by atoms with E-state index in [1.54, 1.807) is 18.5 Å². The van der Waals surface area contributed by atoms with Crippen LogP contribution in [0.1, 0.15) is 47.0 Å². The van der Waals surface area contributed by atoms with Crippen LogP contribution in [0.15, 0.2) is 49.4 Å². The van der Waals surface area contributed by atoms with Gasteiger partial charge in [0, 0.05) is 0 Å². The Hall–Kier alpha value is -2.95. The van der Waals surface area contributed by atoms with Crippen molar-refractivity contribution >= 4 is 20.1 Å². The summed E-state index contributed by atoms with van der Waals surface area (Å²) in [5, 5.41) is 4.66. The standard InChI is InChI=1S/C33H47FIN8O4/c1-24(2)40-11-7-26(18-40)47-31-14-32(38-17-30(31)34)44-22-35(5)42-13-9-28(20-42)45-25-6-10-39-43(21-25)33(3,4)41-12-8-27(19-41)46-29-15-36-23-37-16-29/h6,10,14-17,21,23-24,26-28H,7-9,11-13,18-20,22H2,1-5H3/q+1. The summed E-state index contributed by atoms with van der Waals surface area (Å²) in [6.07, 6.45) is 12.8. The molecule has 256 valence electrons. The molecule has 0 aromatic carbocycles. The molecule has 0 aliphatic carbocycles. The SMILES string of the molecule is CC(C)N1CCC(Oc2cc(OCI(C)N3CCC(Oc4ccn[n+](C(C)(C)N5CCC(Oc6cncnc6)C5)c4)C3)ncc2F)C1. The zero-order valence-electron chi connectivity index (χ0n) is 28.0. The number of rotatable bonds is 13. The van der Waals surface area contributed by atoms with Crippen LogP contribution in [-0.2, 0) is 5.66 Å². The first-order valence-corrected chi connectivity index (χ1v) is 21.0. The van der Waals surface area contributed by atoms with Gasteiger partial charge in [-0.05, 0) is 0 Å². The zero-order valence-corrected chi connectivity index (χ0v) is 30.1. The Balaban J connectivity index is 0.978. The molecule has 6 heterocycles. The van der Waals surface area contributed by atoms with Crippen LogP contribution in [0.5, 0.6) is 23.1 Å². The summed E-state index contributed by atoms with van der Waals surface area (Å²) in [5.41, 5.74) is -0.364. The van der Waals surface area contributed by atoms with Gasteiger partial charge in [-0.3, -0.25) is 0 Å². The van der Waals surface area contributed by atoms with Gasteiger partial charge >= 0.3 is 251 Å². The van der Waals surface area contributed by atoms with Crippen molar-refractivity contribution in [1.29, 1.82) is 0 Å². The average Bonchev–Trinajstić information content (AvgIpc) is 3.84. The molecule has 3 aromatic heterocycles. The Labute approximate surface area is 284 Å². The van der Waals surface area contributed by atoms with E-state index in [0.717, 1.165) is 64.3 Å². The van der Waals surface area contributed by atoms with Crippen LogP contribution in [0.25, 0.3) is 0 Å². The van der Waals surface area contributed by atoms with E-state index in [4.69, 9.17) is 18.9 Å². The number of nitrogens with zero attached hydrogens (tertiary/aromatic N) is 8. The maximum absolute atomic E-state index is 14.5. The first-order valence-electron chi connectivity index (χ1n) is 16.4. The molecule has 0 N–H and O–H groups in total.